The van der Waals surface area contributed by atoms with Crippen molar-refractivity contribution in [3.63, 3.8) is 0 Å². The van der Waals surface area contributed by atoms with Crippen LogP contribution in [-0.2, 0) is 9.53 Å². The Morgan fingerprint density at radius 3 is 2.25 bits per heavy atom. The van der Waals surface area contributed by atoms with Crippen LogP contribution < -0.4 is 14.8 Å². The number of methoxy groups -OCH3 is 2. The molecule has 10 heteroatoms. The Balaban J connectivity index is 1.64. The number of urea groups is 1. The first-order chi connectivity index (χ1) is 19.2. The number of carbonyl (C=O) groups is 3. The molecule has 214 valence electrons. The maximum atomic E-state index is 13.4. The zero-order chi connectivity index (χ0) is 29.0. The fraction of sp³-hybridized carbons (Fsp3) is 0.433. The molecule has 2 atom stereocenters. The number of likely N-dealkylation sites (N-methyl/N-ethyl adjacent to an activating group) is 1. The molecule has 2 aliphatic rings. The Kier molecular flexibility index (Phi) is 8.99. The lowest BCUT2D eigenvalue weighted by molar-refractivity contribution is -0.139. The summed E-state index contributed by atoms with van der Waals surface area (Å²) in [5.41, 5.74) is 3.31. The number of esters is 1. The van der Waals surface area contributed by atoms with Gasteiger partial charge in [-0.1, -0.05) is 17.7 Å². The van der Waals surface area contributed by atoms with Crippen molar-refractivity contribution in [2.75, 3.05) is 54.1 Å². The number of aryl methyl sites for hydroxylation is 1. The summed E-state index contributed by atoms with van der Waals surface area (Å²) < 4.78 is 16.3. The van der Waals surface area contributed by atoms with E-state index < -0.39 is 12.0 Å². The van der Waals surface area contributed by atoms with Crippen molar-refractivity contribution in [2.45, 2.75) is 32.9 Å². The smallest absolute Gasteiger partial charge is 0.338 e. The molecule has 2 heterocycles. The van der Waals surface area contributed by atoms with E-state index in [1.54, 1.807) is 46.4 Å². The van der Waals surface area contributed by atoms with E-state index in [1.165, 1.54) is 4.90 Å². The Morgan fingerprint density at radius 2 is 1.68 bits per heavy atom. The molecular weight excluding hydrogens is 512 g/mol. The molecule has 0 aromatic heterocycles. The number of benzene rings is 2. The first-order valence-electron chi connectivity index (χ1n) is 13.4. The van der Waals surface area contributed by atoms with Crippen molar-refractivity contribution in [3.05, 3.63) is 70.4 Å². The van der Waals surface area contributed by atoms with Gasteiger partial charge in [-0.15, -0.1) is 0 Å². The van der Waals surface area contributed by atoms with Crippen LogP contribution in [0.2, 0.25) is 0 Å². The van der Waals surface area contributed by atoms with Crippen LogP contribution in [0.15, 0.2) is 53.7 Å². The van der Waals surface area contributed by atoms with Crippen LogP contribution in [0.1, 0.15) is 41.4 Å². The number of carbonyl (C=O) groups excluding carboxylic acids is 3. The summed E-state index contributed by atoms with van der Waals surface area (Å²) in [6.45, 7) is 8.00. The highest BCUT2D eigenvalue weighted by Gasteiger charge is 2.39. The Hall–Kier alpha value is -4.05. The van der Waals surface area contributed by atoms with Crippen molar-refractivity contribution in [2.24, 2.45) is 0 Å². The Labute approximate surface area is 235 Å². The predicted octanol–water partition coefficient (Wildman–Crippen LogP) is 3.37. The maximum absolute atomic E-state index is 13.4. The van der Waals surface area contributed by atoms with Gasteiger partial charge < -0.3 is 24.4 Å². The summed E-state index contributed by atoms with van der Waals surface area (Å²) >= 11 is 0. The van der Waals surface area contributed by atoms with Gasteiger partial charge in [0.15, 0.2) is 0 Å². The highest BCUT2D eigenvalue weighted by Crippen LogP contribution is 2.35. The number of hydrogen-bond acceptors (Lipinski definition) is 7. The van der Waals surface area contributed by atoms with E-state index in [-0.39, 0.29) is 24.6 Å². The molecule has 0 aliphatic carbocycles. The number of nitrogens with zero attached hydrogens (tertiary/aromatic N) is 3. The summed E-state index contributed by atoms with van der Waals surface area (Å²) in [6.07, 6.45) is 0. The van der Waals surface area contributed by atoms with Crippen LogP contribution in [0.4, 0.5) is 4.79 Å². The monoisotopic (exact) mass is 550 g/mol. The fourth-order valence-corrected chi connectivity index (χ4v) is 5.20. The molecule has 1 N–H and O–H groups in total. The quantitative estimate of drug-likeness (QED) is 0.503. The first-order valence-corrected chi connectivity index (χ1v) is 13.4. The topological polar surface area (TPSA) is 101 Å². The Bertz CT molecular complexity index is 1270. The molecule has 2 aliphatic heterocycles. The van der Waals surface area contributed by atoms with Crippen LogP contribution in [0.5, 0.6) is 11.5 Å². The lowest BCUT2D eigenvalue weighted by atomic mass is 9.93. The molecule has 0 spiro atoms. The molecular formula is C30H38N4O6. The SMILES string of the molecule is CCOC(=O)C1=C(CN2CCN(C(=O)c3ccc(C)cc3)C(C)C2)N(C)C(=O)NC1c1cc(OC)cc(OC)c1. The largest absolute Gasteiger partial charge is 0.497 e. The number of hydrogen-bond donors (Lipinski definition) is 1. The highest BCUT2D eigenvalue weighted by atomic mass is 16.5. The maximum Gasteiger partial charge on any atom is 0.338 e. The predicted molar refractivity (Wildman–Crippen MR) is 150 cm³/mol. The second-order valence-corrected chi connectivity index (χ2v) is 10.1. The average molecular weight is 551 g/mol. The molecule has 3 amide bonds. The molecule has 0 radical (unpaired) electrons. The Morgan fingerprint density at radius 1 is 1.02 bits per heavy atom. The van der Waals surface area contributed by atoms with Crippen molar-refractivity contribution < 1.29 is 28.6 Å². The molecule has 10 nitrogen and oxygen atoms in total. The normalized spacial score (nSPS) is 19.8. The third kappa shape index (κ3) is 6.07. The molecule has 4 rings (SSSR count). The lowest BCUT2D eigenvalue weighted by Gasteiger charge is -2.42. The van der Waals surface area contributed by atoms with Gasteiger partial charge in [0.25, 0.3) is 5.91 Å². The fourth-order valence-electron chi connectivity index (χ4n) is 5.20. The van der Waals surface area contributed by atoms with Crippen LogP contribution in [-0.4, -0.2) is 92.7 Å². The van der Waals surface area contributed by atoms with Gasteiger partial charge in [-0.3, -0.25) is 14.6 Å². The van der Waals surface area contributed by atoms with Crippen LogP contribution in [0.3, 0.4) is 0 Å². The van der Waals surface area contributed by atoms with E-state index in [1.807, 2.05) is 43.0 Å². The van der Waals surface area contributed by atoms with E-state index >= 15 is 0 Å². The van der Waals surface area contributed by atoms with Gasteiger partial charge in [-0.05, 0) is 50.6 Å². The van der Waals surface area contributed by atoms with Crippen molar-refractivity contribution in [1.29, 1.82) is 0 Å². The van der Waals surface area contributed by atoms with E-state index in [9.17, 15) is 14.4 Å². The summed E-state index contributed by atoms with van der Waals surface area (Å²) in [5.74, 6) is 0.572. The second kappa shape index (κ2) is 12.4. The first kappa shape index (κ1) is 28.9. The number of amides is 3. The van der Waals surface area contributed by atoms with Gasteiger partial charge in [0.05, 0.1) is 32.4 Å². The summed E-state index contributed by atoms with van der Waals surface area (Å²) in [7, 11) is 4.74. The molecule has 40 heavy (non-hydrogen) atoms. The summed E-state index contributed by atoms with van der Waals surface area (Å²) in [5, 5.41) is 2.94. The van der Waals surface area contributed by atoms with E-state index in [0.717, 1.165) is 5.56 Å². The van der Waals surface area contributed by atoms with Crippen LogP contribution in [0.25, 0.3) is 0 Å². The van der Waals surface area contributed by atoms with E-state index in [2.05, 4.69) is 10.2 Å². The van der Waals surface area contributed by atoms with Gasteiger partial charge >= 0.3 is 12.0 Å². The third-order valence-corrected chi connectivity index (χ3v) is 7.42. The van der Waals surface area contributed by atoms with Crippen molar-refractivity contribution in [3.8, 4) is 11.5 Å². The lowest BCUT2D eigenvalue weighted by Crippen LogP contribution is -2.56. The minimum absolute atomic E-state index is 0.000207. The van der Waals surface area contributed by atoms with Gasteiger partial charge in [0, 0.05) is 56.6 Å². The number of nitrogens with one attached hydrogen (secondary N) is 1. The number of rotatable bonds is 8. The van der Waals surface area contributed by atoms with Gasteiger partial charge in [-0.25, -0.2) is 9.59 Å². The molecule has 0 saturated carbocycles. The molecule has 1 saturated heterocycles. The minimum atomic E-state index is -0.761. The number of piperazine rings is 1. The number of ether oxygens (including phenoxy) is 3. The van der Waals surface area contributed by atoms with E-state index in [0.29, 0.717) is 60.1 Å². The van der Waals surface area contributed by atoms with Crippen LogP contribution in [0, 0.1) is 6.92 Å². The standard InChI is InChI=1S/C30H38N4O6/c1-7-40-29(36)26-25(32(4)30(37)31-27(26)22-14-23(38-5)16-24(15-22)39-6)18-33-12-13-34(20(3)17-33)28(35)21-10-8-19(2)9-11-21/h8-11,14-16,20,27H,7,12-13,17-18H2,1-6H3,(H,31,37). The van der Waals surface area contributed by atoms with Gasteiger partial charge in [0.1, 0.15) is 11.5 Å². The highest BCUT2D eigenvalue weighted by molar-refractivity contribution is 5.95. The van der Waals surface area contributed by atoms with Crippen LogP contribution >= 0.6 is 0 Å². The minimum Gasteiger partial charge on any atom is -0.497 e. The van der Waals surface area contributed by atoms with Gasteiger partial charge in [-0.2, -0.15) is 0 Å². The molecule has 2 aromatic rings. The van der Waals surface area contributed by atoms with Crippen molar-refractivity contribution >= 4 is 17.9 Å². The zero-order valence-corrected chi connectivity index (χ0v) is 24.0. The molecule has 2 aromatic carbocycles. The molecule has 1 fully saturated rings. The molecule has 2 unspecified atom stereocenters. The third-order valence-electron chi connectivity index (χ3n) is 7.42. The van der Waals surface area contributed by atoms with Gasteiger partial charge in [0.2, 0.25) is 0 Å². The second-order valence-electron chi connectivity index (χ2n) is 10.1. The van der Waals surface area contributed by atoms with Crippen molar-refractivity contribution in [1.82, 2.24) is 20.0 Å². The van der Waals surface area contributed by atoms with E-state index in [4.69, 9.17) is 14.2 Å². The summed E-state index contributed by atoms with van der Waals surface area (Å²) in [4.78, 5) is 45.2. The zero-order valence-electron chi connectivity index (χ0n) is 24.0. The average Bonchev–Trinajstić information content (AvgIpc) is 2.95. The summed E-state index contributed by atoms with van der Waals surface area (Å²) in [6, 6.07) is 11.7. The molecule has 0 bridgehead atoms.